The van der Waals surface area contributed by atoms with E-state index in [2.05, 4.69) is 118 Å². The fourth-order valence-corrected chi connectivity index (χ4v) is 8.36. The minimum absolute atomic E-state index is 0.00296. The quantitative estimate of drug-likeness (QED) is 0.235. The maximum absolute atomic E-state index is 2.73. The summed E-state index contributed by atoms with van der Waals surface area (Å²) in [5.41, 5.74) is 14.6. The molecule has 0 amide bonds. The van der Waals surface area contributed by atoms with E-state index < -0.39 is 0 Å². The van der Waals surface area contributed by atoms with Gasteiger partial charge in [-0.15, -0.1) is 0 Å². The summed E-state index contributed by atoms with van der Waals surface area (Å²) in [6.45, 7) is 9.65. The number of rotatable bonds is 6. The first-order valence-electron chi connectivity index (χ1n) is 16.2. The molecule has 0 atom stereocenters. The molecular weight excluding hydrogens is 494 g/mol. The Morgan fingerprint density at radius 2 is 1.20 bits per heavy atom. The van der Waals surface area contributed by atoms with Gasteiger partial charge in [0.2, 0.25) is 0 Å². The SMILES string of the molecule is CC(C)N(c1ccc(-c2ccccc2)cc1C1CCCC1)c1cc2c(cc1C1CCCC1)-c1ccccc1C2(C)C. The van der Waals surface area contributed by atoms with Crippen molar-refractivity contribution in [3.63, 3.8) is 0 Å². The second-order valence-electron chi connectivity index (χ2n) is 13.7. The van der Waals surface area contributed by atoms with Crippen molar-refractivity contribution in [3.05, 3.63) is 107 Å². The Morgan fingerprint density at radius 1 is 0.585 bits per heavy atom. The van der Waals surface area contributed by atoms with E-state index >= 15 is 0 Å². The van der Waals surface area contributed by atoms with Gasteiger partial charge in [-0.1, -0.05) is 100 Å². The summed E-state index contributed by atoms with van der Waals surface area (Å²) in [4.78, 5) is 2.73. The van der Waals surface area contributed by atoms with E-state index in [4.69, 9.17) is 0 Å². The van der Waals surface area contributed by atoms with Crippen LogP contribution in [0.15, 0.2) is 84.9 Å². The van der Waals surface area contributed by atoms with Crippen LogP contribution in [0.25, 0.3) is 22.3 Å². The molecule has 4 aromatic rings. The smallest absolute Gasteiger partial charge is 0.0452 e. The van der Waals surface area contributed by atoms with E-state index in [-0.39, 0.29) is 5.41 Å². The second-order valence-corrected chi connectivity index (χ2v) is 13.7. The predicted octanol–water partition coefficient (Wildman–Crippen LogP) is 11.5. The number of hydrogen-bond acceptors (Lipinski definition) is 1. The van der Waals surface area contributed by atoms with Gasteiger partial charge in [0.1, 0.15) is 0 Å². The average Bonchev–Trinajstić information content (AvgIpc) is 3.76. The standard InChI is InChI=1S/C40H45N/c1-27(2)41(38-23-22-31(28-14-6-5-7-15-28)24-33(38)29-16-8-9-17-29)39-26-37-35(25-34(39)30-18-10-11-19-30)32-20-12-13-21-36(32)40(37,3)4/h5-7,12-15,20-27,29-30H,8-11,16-19H2,1-4H3. The van der Waals surface area contributed by atoms with Gasteiger partial charge in [-0.05, 0) is 120 Å². The molecule has 0 N–H and O–H groups in total. The van der Waals surface area contributed by atoms with Crippen LogP contribution < -0.4 is 4.90 Å². The lowest BCUT2D eigenvalue weighted by Crippen LogP contribution is -2.29. The zero-order valence-corrected chi connectivity index (χ0v) is 25.4. The predicted molar refractivity (Wildman–Crippen MR) is 176 cm³/mol. The summed E-state index contributed by atoms with van der Waals surface area (Å²) in [7, 11) is 0. The van der Waals surface area contributed by atoms with Crippen LogP contribution in [-0.2, 0) is 5.41 Å². The topological polar surface area (TPSA) is 3.24 Å². The molecular formula is C40H45N. The normalized spacial score (nSPS) is 18.2. The molecule has 1 heteroatoms. The van der Waals surface area contributed by atoms with Crippen molar-refractivity contribution in [1.29, 1.82) is 0 Å². The van der Waals surface area contributed by atoms with Crippen molar-refractivity contribution in [2.45, 2.75) is 102 Å². The molecule has 3 aliphatic rings. The van der Waals surface area contributed by atoms with Gasteiger partial charge in [-0.2, -0.15) is 0 Å². The van der Waals surface area contributed by atoms with Crippen molar-refractivity contribution in [2.24, 2.45) is 0 Å². The molecule has 2 fully saturated rings. The van der Waals surface area contributed by atoms with Crippen molar-refractivity contribution < 1.29 is 0 Å². The summed E-state index contributed by atoms with van der Waals surface area (Å²) in [6.07, 6.45) is 10.6. The number of hydrogen-bond donors (Lipinski definition) is 0. The summed E-state index contributed by atoms with van der Waals surface area (Å²) in [6, 6.07) is 33.1. The van der Waals surface area contributed by atoms with E-state index in [0.29, 0.717) is 17.9 Å². The van der Waals surface area contributed by atoms with Crippen LogP contribution in [0.1, 0.15) is 113 Å². The average molecular weight is 540 g/mol. The number of benzene rings is 4. The lowest BCUT2D eigenvalue weighted by Gasteiger charge is -2.36. The molecule has 0 radical (unpaired) electrons. The Kier molecular flexibility index (Phi) is 6.81. The van der Waals surface area contributed by atoms with Crippen LogP contribution in [0.2, 0.25) is 0 Å². The molecule has 7 rings (SSSR count). The van der Waals surface area contributed by atoms with Gasteiger partial charge in [0.15, 0.2) is 0 Å². The van der Waals surface area contributed by atoms with Gasteiger partial charge in [0.05, 0.1) is 0 Å². The molecule has 3 aliphatic carbocycles. The lowest BCUT2D eigenvalue weighted by molar-refractivity contribution is 0.656. The zero-order chi connectivity index (χ0) is 28.1. The highest BCUT2D eigenvalue weighted by molar-refractivity contribution is 5.86. The molecule has 0 spiro atoms. The van der Waals surface area contributed by atoms with Gasteiger partial charge in [-0.3, -0.25) is 0 Å². The van der Waals surface area contributed by atoms with Gasteiger partial charge >= 0.3 is 0 Å². The van der Waals surface area contributed by atoms with Crippen molar-refractivity contribution in [1.82, 2.24) is 0 Å². The molecule has 2 saturated carbocycles. The zero-order valence-electron chi connectivity index (χ0n) is 25.4. The minimum atomic E-state index is 0.00296. The lowest BCUT2D eigenvalue weighted by atomic mass is 9.81. The van der Waals surface area contributed by atoms with Crippen LogP contribution >= 0.6 is 0 Å². The monoisotopic (exact) mass is 539 g/mol. The van der Waals surface area contributed by atoms with Crippen molar-refractivity contribution >= 4 is 11.4 Å². The third-order valence-electron chi connectivity index (χ3n) is 10.5. The summed E-state index contributed by atoms with van der Waals surface area (Å²) in [5.74, 6) is 1.28. The molecule has 41 heavy (non-hydrogen) atoms. The van der Waals surface area contributed by atoms with E-state index in [9.17, 15) is 0 Å². The first-order valence-corrected chi connectivity index (χ1v) is 16.2. The molecule has 4 aromatic carbocycles. The fourth-order valence-electron chi connectivity index (χ4n) is 8.36. The van der Waals surface area contributed by atoms with E-state index in [0.717, 1.165) is 0 Å². The van der Waals surface area contributed by atoms with Gasteiger partial charge in [-0.25, -0.2) is 0 Å². The highest BCUT2D eigenvalue weighted by Gasteiger charge is 2.38. The van der Waals surface area contributed by atoms with Crippen LogP contribution in [0.4, 0.5) is 11.4 Å². The highest BCUT2D eigenvalue weighted by Crippen LogP contribution is 2.54. The largest absolute Gasteiger partial charge is 0.338 e. The molecule has 0 heterocycles. The van der Waals surface area contributed by atoms with Gasteiger partial charge in [0, 0.05) is 22.8 Å². The van der Waals surface area contributed by atoms with Gasteiger partial charge in [0.25, 0.3) is 0 Å². The molecule has 0 saturated heterocycles. The molecule has 0 bridgehead atoms. The minimum Gasteiger partial charge on any atom is -0.338 e. The molecule has 210 valence electrons. The number of anilines is 2. The van der Waals surface area contributed by atoms with Gasteiger partial charge < -0.3 is 4.90 Å². The fraction of sp³-hybridized carbons (Fsp3) is 0.400. The van der Waals surface area contributed by atoms with Crippen molar-refractivity contribution in [2.75, 3.05) is 4.90 Å². The Balaban J connectivity index is 1.44. The second kappa shape index (κ2) is 10.5. The summed E-state index contributed by atoms with van der Waals surface area (Å²) >= 11 is 0. The molecule has 0 aliphatic heterocycles. The van der Waals surface area contributed by atoms with Crippen molar-refractivity contribution in [3.8, 4) is 22.3 Å². The number of nitrogens with zero attached hydrogens (tertiary/aromatic N) is 1. The molecule has 0 unspecified atom stereocenters. The maximum atomic E-state index is 2.73. The molecule has 1 nitrogen and oxygen atoms in total. The Bertz CT molecular complexity index is 1550. The Labute approximate surface area is 247 Å². The van der Waals surface area contributed by atoms with Crippen LogP contribution in [0.5, 0.6) is 0 Å². The Hall–Kier alpha value is -3.32. The van der Waals surface area contributed by atoms with E-state index in [1.54, 1.807) is 11.1 Å². The van der Waals surface area contributed by atoms with Crippen LogP contribution in [-0.4, -0.2) is 6.04 Å². The molecule has 0 aromatic heterocycles. The third-order valence-corrected chi connectivity index (χ3v) is 10.5. The summed E-state index contributed by atoms with van der Waals surface area (Å²) < 4.78 is 0. The van der Waals surface area contributed by atoms with Crippen LogP contribution in [0.3, 0.4) is 0 Å². The first kappa shape index (κ1) is 26.6. The maximum Gasteiger partial charge on any atom is 0.0452 e. The number of fused-ring (bicyclic) bond motifs is 3. The van der Waals surface area contributed by atoms with E-state index in [1.807, 2.05) is 0 Å². The highest BCUT2D eigenvalue weighted by atomic mass is 15.2. The Morgan fingerprint density at radius 3 is 1.85 bits per heavy atom. The van der Waals surface area contributed by atoms with Crippen LogP contribution in [0, 0.1) is 0 Å². The van der Waals surface area contributed by atoms with E-state index in [1.165, 1.54) is 96.1 Å². The first-order chi connectivity index (χ1) is 19.9. The summed E-state index contributed by atoms with van der Waals surface area (Å²) in [5, 5.41) is 0. The third kappa shape index (κ3) is 4.53.